The van der Waals surface area contributed by atoms with Crippen LogP contribution in [0.5, 0.6) is 0 Å². The van der Waals surface area contributed by atoms with Crippen LogP contribution in [0.4, 0.5) is 0 Å². The molecule has 0 fully saturated rings. The third-order valence-electron chi connectivity index (χ3n) is 1.59. The van der Waals surface area contributed by atoms with E-state index >= 15 is 0 Å². The van der Waals surface area contributed by atoms with Crippen LogP contribution in [0.1, 0.15) is 20.8 Å². The zero-order valence-corrected chi connectivity index (χ0v) is 6.77. The van der Waals surface area contributed by atoms with Crippen LogP contribution in [0.2, 0.25) is 0 Å². The Balaban J connectivity index is 3.32. The van der Waals surface area contributed by atoms with Gasteiger partial charge in [-0.05, 0) is 27.8 Å². The molecule has 0 aromatic heterocycles. The van der Waals surface area contributed by atoms with E-state index in [9.17, 15) is 0 Å². The molecule has 9 heavy (non-hydrogen) atoms. The first-order valence-corrected chi connectivity index (χ1v) is 3.51. The van der Waals surface area contributed by atoms with Crippen LogP contribution in [0, 0.1) is 0 Å². The molecule has 56 valence electrons. The highest BCUT2D eigenvalue weighted by atomic mass is 16.5. The van der Waals surface area contributed by atoms with Gasteiger partial charge in [-0.3, -0.25) is 0 Å². The lowest BCUT2D eigenvalue weighted by Crippen LogP contribution is -2.34. The van der Waals surface area contributed by atoms with E-state index in [-0.39, 0.29) is 0 Å². The minimum atomic E-state index is 0.319. The highest BCUT2D eigenvalue weighted by molar-refractivity contribution is 4.64. The molecule has 0 heterocycles. The Morgan fingerprint density at radius 3 is 2.33 bits per heavy atom. The lowest BCUT2D eigenvalue weighted by Gasteiger charge is -2.18. The highest BCUT2D eigenvalue weighted by Crippen LogP contribution is 1.95. The van der Waals surface area contributed by atoms with E-state index in [1.165, 1.54) is 0 Å². The second-order valence-electron chi connectivity index (χ2n) is 2.24. The number of nitrogens with one attached hydrogen (secondary N) is 1. The molecule has 0 radical (unpaired) electrons. The van der Waals surface area contributed by atoms with Gasteiger partial charge in [0.15, 0.2) is 0 Å². The number of ether oxygens (including phenoxy) is 1. The van der Waals surface area contributed by atoms with Crippen molar-refractivity contribution in [3.63, 3.8) is 0 Å². The first-order valence-electron chi connectivity index (χ1n) is 3.51. The van der Waals surface area contributed by atoms with Crippen molar-refractivity contribution in [1.82, 2.24) is 5.32 Å². The Hall–Kier alpha value is -0.0800. The molecule has 2 nitrogen and oxygen atoms in total. The summed E-state index contributed by atoms with van der Waals surface area (Å²) in [7, 11) is 1.94. The molecular weight excluding hydrogens is 114 g/mol. The molecule has 2 atom stereocenters. The molecule has 0 saturated heterocycles. The van der Waals surface area contributed by atoms with Gasteiger partial charge in [0.2, 0.25) is 0 Å². The lowest BCUT2D eigenvalue weighted by atomic mass is 10.2. The number of rotatable bonds is 4. The fourth-order valence-corrected chi connectivity index (χ4v) is 0.642. The van der Waals surface area contributed by atoms with Crippen molar-refractivity contribution in [2.24, 2.45) is 0 Å². The Bertz CT molecular complexity index is 65.9. The van der Waals surface area contributed by atoms with E-state index < -0.39 is 0 Å². The summed E-state index contributed by atoms with van der Waals surface area (Å²) >= 11 is 0. The van der Waals surface area contributed by atoms with Crippen LogP contribution in [-0.2, 0) is 4.74 Å². The summed E-state index contributed by atoms with van der Waals surface area (Å²) in [5.74, 6) is 0. The van der Waals surface area contributed by atoms with Crippen LogP contribution in [0.3, 0.4) is 0 Å². The maximum Gasteiger partial charge on any atom is 0.0696 e. The molecule has 0 aromatic rings. The molecule has 0 aliphatic rings. The fraction of sp³-hybridized carbons (Fsp3) is 1.00. The van der Waals surface area contributed by atoms with Gasteiger partial charge in [0.25, 0.3) is 0 Å². The van der Waals surface area contributed by atoms with Gasteiger partial charge >= 0.3 is 0 Å². The molecule has 0 amide bonds. The van der Waals surface area contributed by atoms with E-state index in [1.807, 2.05) is 14.0 Å². The minimum absolute atomic E-state index is 0.319. The third kappa shape index (κ3) is 3.49. The van der Waals surface area contributed by atoms with Crippen molar-refractivity contribution in [3.05, 3.63) is 0 Å². The standard InChI is InChI=1S/C7H17NO/c1-5-9-7(3)6(2)8-4/h6-8H,5H2,1-4H3. The van der Waals surface area contributed by atoms with Gasteiger partial charge in [-0.25, -0.2) is 0 Å². The Morgan fingerprint density at radius 1 is 1.44 bits per heavy atom. The van der Waals surface area contributed by atoms with E-state index in [4.69, 9.17) is 4.74 Å². The molecular formula is C7H17NO. The molecule has 0 spiro atoms. The van der Waals surface area contributed by atoms with Crippen molar-refractivity contribution in [2.45, 2.75) is 32.9 Å². The molecule has 2 unspecified atom stereocenters. The second kappa shape index (κ2) is 4.77. The third-order valence-corrected chi connectivity index (χ3v) is 1.59. The summed E-state index contributed by atoms with van der Waals surface area (Å²) in [5, 5.41) is 3.12. The van der Waals surface area contributed by atoms with Crippen molar-refractivity contribution in [3.8, 4) is 0 Å². The maximum atomic E-state index is 5.33. The average Bonchev–Trinajstić information content (AvgIpc) is 1.87. The Kier molecular flexibility index (Phi) is 4.72. The van der Waals surface area contributed by atoms with Gasteiger partial charge in [0.1, 0.15) is 0 Å². The number of likely N-dealkylation sites (N-methyl/N-ethyl adjacent to an activating group) is 1. The average molecular weight is 131 g/mol. The monoisotopic (exact) mass is 131 g/mol. The normalized spacial score (nSPS) is 17.3. The smallest absolute Gasteiger partial charge is 0.0696 e. The molecule has 1 N–H and O–H groups in total. The van der Waals surface area contributed by atoms with Crippen LogP contribution in [0.25, 0.3) is 0 Å². The maximum absolute atomic E-state index is 5.33. The molecule has 0 saturated carbocycles. The molecule has 0 bridgehead atoms. The minimum Gasteiger partial charge on any atom is -0.377 e. The Morgan fingerprint density at radius 2 is 2.00 bits per heavy atom. The van der Waals surface area contributed by atoms with Gasteiger partial charge in [0, 0.05) is 12.6 Å². The summed E-state index contributed by atoms with van der Waals surface area (Å²) in [5.41, 5.74) is 0. The summed E-state index contributed by atoms with van der Waals surface area (Å²) < 4.78 is 5.33. The molecule has 0 aliphatic heterocycles. The molecule has 0 aliphatic carbocycles. The van der Waals surface area contributed by atoms with Gasteiger partial charge in [-0.15, -0.1) is 0 Å². The number of hydrogen-bond acceptors (Lipinski definition) is 2. The zero-order valence-electron chi connectivity index (χ0n) is 6.77. The highest BCUT2D eigenvalue weighted by Gasteiger charge is 2.07. The molecule has 0 rings (SSSR count). The second-order valence-corrected chi connectivity index (χ2v) is 2.24. The Labute approximate surface area is 57.6 Å². The van der Waals surface area contributed by atoms with E-state index in [1.54, 1.807) is 0 Å². The molecule has 2 heteroatoms. The number of hydrogen-bond donors (Lipinski definition) is 1. The van der Waals surface area contributed by atoms with Gasteiger partial charge < -0.3 is 10.1 Å². The van der Waals surface area contributed by atoms with Gasteiger partial charge in [0.05, 0.1) is 6.10 Å². The summed E-state index contributed by atoms with van der Waals surface area (Å²) in [4.78, 5) is 0. The fourth-order valence-electron chi connectivity index (χ4n) is 0.642. The van der Waals surface area contributed by atoms with E-state index in [0.717, 1.165) is 6.61 Å². The van der Waals surface area contributed by atoms with Crippen molar-refractivity contribution < 1.29 is 4.74 Å². The topological polar surface area (TPSA) is 21.3 Å². The van der Waals surface area contributed by atoms with Crippen molar-refractivity contribution in [2.75, 3.05) is 13.7 Å². The predicted molar refractivity (Wildman–Crippen MR) is 39.6 cm³/mol. The lowest BCUT2D eigenvalue weighted by molar-refractivity contribution is 0.0543. The zero-order chi connectivity index (χ0) is 7.28. The van der Waals surface area contributed by atoms with Crippen LogP contribution in [0.15, 0.2) is 0 Å². The largest absolute Gasteiger partial charge is 0.377 e. The van der Waals surface area contributed by atoms with Gasteiger partial charge in [-0.2, -0.15) is 0 Å². The van der Waals surface area contributed by atoms with Crippen molar-refractivity contribution in [1.29, 1.82) is 0 Å². The summed E-state index contributed by atoms with van der Waals surface area (Å²) in [6.07, 6.45) is 0.319. The van der Waals surface area contributed by atoms with Gasteiger partial charge in [-0.1, -0.05) is 0 Å². The van der Waals surface area contributed by atoms with Crippen molar-refractivity contribution >= 4 is 0 Å². The van der Waals surface area contributed by atoms with Crippen LogP contribution < -0.4 is 5.32 Å². The van der Waals surface area contributed by atoms with E-state index in [0.29, 0.717) is 12.1 Å². The first-order chi connectivity index (χ1) is 4.22. The summed E-state index contributed by atoms with van der Waals surface area (Å²) in [6, 6.07) is 0.449. The quantitative estimate of drug-likeness (QED) is 0.615. The van der Waals surface area contributed by atoms with Crippen LogP contribution >= 0.6 is 0 Å². The van der Waals surface area contributed by atoms with Crippen LogP contribution in [-0.4, -0.2) is 25.8 Å². The van der Waals surface area contributed by atoms with E-state index in [2.05, 4.69) is 19.2 Å². The summed E-state index contributed by atoms with van der Waals surface area (Å²) in [6.45, 7) is 7.00. The predicted octanol–water partition coefficient (Wildman–Crippen LogP) is 1.02. The first kappa shape index (κ1) is 8.92. The SMILES string of the molecule is CCOC(C)C(C)NC. The molecule has 0 aromatic carbocycles.